The highest BCUT2D eigenvalue weighted by molar-refractivity contribution is 5.94. The van der Waals surface area contributed by atoms with E-state index in [4.69, 9.17) is 39.2 Å². The molecule has 8 heterocycles. The zero-order valence-corrected chi connectivity index (χ0v) is 33.0. The van der Waals surface area contributed by atoms with Gasteiger partial charge in [0.25, 0.3) is 0 Å². The van der Waals surface area contributed by atoms with Crippen LogP contribution in [0.1, 0.15) is 25.0 Å². The second kappa shape index (κ2) is 15.1. The van der Waals surface area contributed by atoms with Crippen molar-refractivity contribution in [2.75, 3.05) is 69.8 Å². The Hall–Kier alpha value is -5.85. The fourth-order valence-corrected chi connectivity index (χ4v) is 8.99. The highest BCUT2D eigenvalue weighted by atomic mass is 19.1. The number of imidazole rings is 1. The number of hydrogen-bond donors (Lipinski definition) is 1. The molecule has 4 aliphatic heterocycles. The SMILES string of the molecule is CCO[C@H]1CN(C)C(=O)[C@@H]2C[C@@H](CN2c2nc3nc4c2cnn4-c2ccc(F)cc2OCCN2CCO[C@H](C3)C2)Nc2nccc(n2)-c2cc(F)cc3nc(C)n(c23)C1. The number of aryl methyl sites for hydroxylation is 1. The summed E-state index contributed by atoms with van der Waals surface area (Å²) in [5, 5.41) is 8.88. The number of likely N-dealkylation sites (N-methyl/N-ethyl adjacent to an activating group) is 1. The second-order valence-corrected chi connectivity index (χ2v) is 15.6. The Morgan fingerprint density at radius 2 is 1.86 bits per heavy atom. The number of morpholine rings is 1. The highest BCUT2D eigenvalue weighted by Crippen LogP contribution is 2.36. The van der Waals surface area contributed by atoms with Crippen molar-refractivity contribution in [1.82, 2.24) is 49.1 Å². The minimum Gasteiger partial charge on any atom is -0.490 e. The Bertz CT molecular complexity index is 2580. The van der Waals surface area contributed by atoms with Gasteiger partial charge in [-0.3, -0.25) is 9.69 Å². The highest BCUT2D eigenvalue weighted by Gasteiger charge is 2.41. The monoisotopic (exact) mass is 806 g/mol. The number of anilines is 2. The van der Waals surface area contributed by atoms with Crippen LogP contribution in [0, 0.1) is 18.6 Å². The van der Waals surface area contributed by atoms with Crippen LogP contribution in [-0.4, -0.2) is 139 Å². The molecule has 18 heteroatoms. The first kappa shape index (κ1) is 37.4. The van der Waals surface area contributed by atoms with Crippen molar-refractivity contribution in [2.24, 2.45) is 0 Å². The summed E-state index contributed by atoms with van der Waals surface area (Å²) in [5.74, 6) is 1.47. The molecule has 4 aliphatic rings. The third-order valence-corrected chi connectivity index (χ3v) is 11.7. The normalized spacial score (nSPS) is 23.5. The summed E-state index contributed by atoms with van der Waals surface area (Å²) in [6, 6.07) is 8.07. The summed E-state index contributed by atoms with van der Waals surface area (Å²) in [7, 11) is 1.79. The van der Waals surface area contributed by atoms with Crippen LogP contribution in [0.2, 0.25) is 0 Å². The average molecular weight is 807 g/mol. The number of nitrogens with one attached hydrogen (secondary N) is 1. The van der Waals surface area contributed by atoms with E-state index in [1.165, 1.54) is 24.3 Å². The molecule has 2 aromatic carbocycles. The van der Waals surface area contributed by atoms with Crippen LogP contribution >= 0.6 is 0 Å². The van der Waals surface area contributed by atoms with Gasteiger partial charge in [0.05, 0.1) is 53.7 Å². The van der Waals surface area contributed by atoms with Crippen molar-refractivity contribution >= 4 is 39.7 Å². The molecule has 8 bridgehead atoms. The van der Waals surface area contributed by atoms with E-state index in [-0.39, 0.29) is 24.6 Å². The van der Waals surface area contributed by atoms with Crippen molar-refractivity contribution in [2.45, 2.75) is 57.5 Å². The van der Waals surface area contributed by atoms with E-state index in [0.717, 1.165) is 12.1 Å². The van der Waals surface area contributed by atoms with E-state index in [0.29, 0.717) is 122 Å². The first-order valence-electron chi connectivity index (χ1n) is 20.1. The van der Waals surface area contributed by atoms with Gasteiger partial charge < -0.3 is 33.9 Å². The van der Waals surface area contributed by atoms with Crippen LogP contribution in [0.25, 0.3) is 39.0 Å². The number of carbonyl (C=O) groups excluding carboxylic acids is 1. The van der Waals surface area contributed by atoms with E-state index in [2.05, 4.69) is 15.2 Å². The lowest BCUT2D eigenvalue weighted by atomic mass is 10.1. The molecule has 0 spiro atoms. The van der Waals surface area contributed by atoms with Crippen LogP contribution in [0.4, 0.5) is 20.5 Å². The van der Waals surface area contributed by atoms with Gasteiger partial charge in [0.2, 0.25) is 11.9 Å². The Kier molecular flexibility index (Phi) is 9.56. The van der Waals surface area contributed by atoms with Crippen molar-refractivity contribution in [1.29, 1.82) is 0 Å². The summed E-state index contributed by atoms with van der Waals surface area (Å²) in [6.07, 6.45) is 3.56. The van der Waals surface area contributed by atoms with Crippen molar-refractivity contribution in [3.05, 3.63) is 72.1 Å². The molecule has 4 aromatic heterocycles. The smallest absolute Gasteiger partial charge is 0.245 e. The van der Waals surface area contributed by atoms with Crippen LogP contribution in [0.5, 0.6) is 5.75 Å². The Morgan fingerprint density at radius 1 is 0.983 bits per heavy atom. The lowest BCUT2D eigenvalue weighted by Crippen LogP contribution is -2.47. The molecule has 6 aromatic rings. The molecule has 0 saturated carbocycles. The van der Waals surface area contributed by atoms with Crippen LogP contribution < -0.4 is 15.0 Å². The molecule has 16 nitrogen and oxygen atoms in total. The molecule has 2 fully saturated rings. The molecular weight excluding hydrogens is 763 g/mol. The molecule has 1 amide bonds. The van der Waals surface area contributed by atoms with Gasteiger partial charge in [-0.1, -0.05) is 0 Å². The number of halogens is 2. The number of carbonyl (C=O) groups is 1. The zero-order valence-electron chi connectivity index (χ0n) is 33.0. The number of nitrogens with zero attached hydrogens (tertiary/aromatic N) is 11. The zero-order chi connectivity index (χ0) is 40.4. The lowest BCUT2D eigenvalue weighted by molar-refractivity contribution is -0.133. The standard InChI is InChI=1S/C41H44F2N12O4/c1-4-57-28-20-51(3)40(56)34-16-26(47-41-44-8-7-31(48-41)29-13-25(43)14-32-37(29)53(22-28)23(2)46-32)19-54(34)38-30-18-45-55-33-6-5-24(42)15-35(33)59-12-10-52-9-11-58-27(21-52)17-36(49-38)50-39(30)55/h5-8,13-15,18,26-28,34H,4,9-12,16-17,19-22H2,1-3H3,(H,44,47,48)/t26-,27+,28-,34-/m0/s1. The molecule has 306 valence electrons. The molecular formula is C41H44F2N12O4. The van der Waals surface area contributed by atoms with Crippen LogP contribution in [0.15, 0.2) is 48.8 Å². The molecule has 2 saturated heterocycles. The Labute approximate surface area is 338 Å². The largest absolute Gasteiger partial charge is 0.490 e. The molecule has 0 aliphatic carbocycles. The third kappa shape index (κ3) is 6.97. The number of amides is 1. The molecule has 5 atom stereocenters. The Balaban J connectivity index is 1.10. The summed E-state index contributed by atoms with van der Waals surface area (Å²) < 4.78 is 52.2. The van der Waals surface area contributed by atoms with E-state index in [9.17, 15) is 9.18 Å². The van der Waals surface area contributed by atoms with Gasteiger partial charge in [-0.2, -0.15) is 5.10 Å². The topological polar surface area (TPSA) is 154 Å². The second-order valence-electron chi connectivity index (χ2n) is 15.6. The summed E-state index contributed by atoms with van der Waals surface area (Å²) >= 11 is 0. The minimum atomic E-state index is -0.663. The minimum absolute atomic E-state index is 0.120. The van der Waals surface area contributed by atoms with Crippen molar-refractivity contribution < 1.29 is 27.8 Å². The predicted octanol–water partition coefficient (Wildman–Crippen LogP) is 3.78. The maximum absolute atomic E-state index is 15.2. The quantitative estimate of drug-likeness (QED) is 0.276. The molecule has 0 radical (unpaired) electrons. The lowest BCUT2D eigenvalue weighted by Gasteiger charge is -2.33. The fourth-order valence-electron chi connectivity index (χ4n) is 8.99. The molecule has 10 rings (SSSR count). The van der Waals surface area contributed by atoms with Gasteiger partial charge in [0.15, 0.2) is 5.65 Å². The number of aromatic nitrogens is 8. The third-order valence-electron chi connectivity index (χ3n) is 11.7. The van der Waals surface area contributed by atoms with Crippen LogP contribution in [-0.2, 0) is 27.2 Å². The number of benzene rings is 2. The van der Waals surface area contributed by atoms with Crippen molar-refractivity contribution in [3.63, 3.8) is 0 Å². The Morgan fingerprint density at radius 3 is 2.75 bits per heavy atom. The van der Waals surface area contributed by atoms with Gasteiger partial charge in [-0.15, -0.1) is 0 Å². The van der Waals surface area contributed by atoms with E-state index in [1.54, 1.807) is 41.2 Å². The van der Waals surface area contributed by atoms with Gasteiger partial charge in [0, 0.05) is 82.7 Å². The maximum Gasteiger partial charge on any atom is 0.245 e. The maximum atomic E-state index is 15.2. The number of ether oxygens (including phenoxy) is 3. The molecule has 1 unspecified atom stereocenters. The van der Waals surface area contributed by atoms with Gasteiger partial charge in [-0.05, 0) is 44.5 Å². The molecule has 1 N–H and O–H groups in total. The summed E-state index contributed by atoms with van der Waals surface area (Å²) in [5.41, 5.74) is 3.37. The summed E-state index contributed by atoms with van der Waals surface area (Å²) in [6.45, 7) is 8.17. The first-order chi connectivity index (χ1) is 28.7. The van der Waals surface area contributed by atoms with Gasteiger partial charge in [-0.25, -0.2) is 38.4 Å². The van der Waals surface area contributed by atoms with E-state index >= 15 is 4.39 Å². The number of fused-ring (bicyclic) bond motifs is 10. The molecule has 59 heavy (non-hydrogen) atoms. The van der Waals surface area contributed by atoms with Crippen molar-refractivity contribution in [3.8, 4) is 22.7 Å². The van der Waals surface area contributed by atoms with Gasteiger partial charge >= 0.3 is 0 Å². The fraction of sp³-hybridized carbons (Fsp3) is 0.439. The average Bonchev–Trinajstić information content (AvgIpc) is 3.92. The first-order valence-corrected chi connectivity index (χ1v) is 20.1. The van der Waals surface area contributed by atoms with E-state index in [1.807, 2.05) is 23.3 Å². The predicted molar refractivity (Wildman–Crippen MR) is 214 cm³/mol. The van der Waals surface area contributed by atoms with Crippen LogP contribution in [0.3, 0.4) is 0 Å². The number of hydrogen-bond acceptors (Lipinski definition) is 13. The number of rotatable bonds is 3. The van der Waals surface area contributed by atoms with E-state index < -0.39 is 23.8 Å². The van der Waals surface area contributed by atoms with Gasteiger partial charge in [0.1, 0.15) is 53.2 Å². The summed E-state index contributed by atoms with van der Waals surface area (Å²) in [4.78, 5) is 45.3.